The molecule has 19 heavy (non-hydrogen) atoms. The van der Waals surface area contributed by atoms with Crippen molar-refractivity contribution >= 4 is 5.78 Å². The summed E-state index contributed by atoms with van der Waals surface area (Å²) in [7, 11) is 0. The molecule has 5 rings (SSSR count). The minimum atomic E-state index is 0.0822. The highest BCUT2D eigenvalue weighted by Gasteiger charge is 2.49. The summed E-state index contributed by atoms with van der Waals surface area (Å²) in [6.45, 7) is 0.122. The normalized spacial score (nSPS) is 39.7. The number of aromatic nitrogens is 1. The molecule has 0 aromatic carbocycles. The first-order valence-corrected chi connectivity index (χ1v) is 7.66. The summed E-state index contributed by atoms with van der Waals surface area (Å²) in [6, 6.07) is 4.52. The highest BCUT2D eigenvalue weighted by molar-refractivity contribution is 5.96. The lowest BCUT2D eigenvalue weighted by atomic mass is 9.54. The number of hydrogen-bond acceptors (Lipinski definition) is 2. The van der Waals surface area contributed by atoms with Gasteiger partial charge in [-0.3, -0.25) is 4.79 Å². The van der Waals surface area contributed by atoms with Gasteiger partial charge in [0.05, 0.1) is 12.2 Å². The smallest absolute Gasteiger partial charge is 0.192 e. The fourth-order valence-electron chi connectivity index (χ4n) is 5.35. The molecular formula is C16H22N2O. The maximum absolute atomic E-state index is 12.0. The van der Waals surface area contributed by atoms with Crippen molar-refractivity contribution < 1.29 is 4.79 Å². The first kappa shape index (κ1) is 11.7. The third kappa shape index (κ3) is 1.71. The van der Waals surface area contributed by atoms with Crippen molar-refractivity contribution in [3.63, 3.8) is 0 Å². The average Bonchev–Trinajstić information content (AvgIpc) is 2.85. The van der Waals surface area contributed by atoms with Gasteiger partial charge in [0.2, 0.25) is 0 Å². The van der Waals surface area contributed by atoms with Gasteiger partial charge in [0, 0.05) is 12.2 Å². The molecule has 1 aromatic heterocycles. The Morgan fingerprint density at radius 1 is 1.16 bits per heavy atom. The molecule has 4 bridgehead atoms. The van der Waals surface area contributed by atoms with E-state index in [1.54, 1.807) is 0 Å². The molecule has 1 heterocycles. The maximum atomic E-state index is 12.0. The molecule has 0 aliphatic heterocycles. The molecule has 4 aliphatic carbocycles. The van der Waals surface area contributed by atoms with Gasteiger partial charge in [-0.25, -0.2) is 0 Å². The zero-order valence-electron chi connectivity index (χ0n) is 11.3. The van der Waals surface area contributed by atoms with Crippen LogP contribution in [-0.4, -0.2) is 16.9 Å². The summed E-state index contributed by atoms with van der Waals surface area (Å²) < 4.78 is 2.27. The lowest BCUT2D eigenvalue weighted by molar-refractivity contribution is -0.0295. The van der Waals surface area contributed by atoms with Crippen LogP contribution in [-0.2, 0) is 0 Å². The first-order chi connectivity index (χ1) is 9.26. The first-order valence-electron chi connectivity index (χ1n) is 7.66. The molecule has 3 heteroatoms. The van der Waals surface area contributed by atoms with E-state index in [1.165, 1.54) is 32.1 Å². The zero-order valence-corrected chi connectivity index (χ0v) is 11.3. The van der Waals surface area contributed by atoms with Crippen LogP contribution in [0, 0.1) is 23.7 Å². The second-order valence-electron chi connectivity index (χ2n) is 6.85. The summed E-state index contributed by atoms with van der Waals surface area (Å²) in [5, 5.41) is 0. The lowest BCUT2D eigenvalue weighted by Crippen LogP contribution is -2.46. The van der Waals surface area contributed by atoms with Crippen LogP contribution >= 0.6 is 0 Å². The monoisotopic (exact) mass is 258 g/mol. The van der Waals surface area contributed by atoms with Crippen molar-refractivity contribution in [2.75, 3.05) is 6.54 Å². The van der Waals surface area contributed by atoms with Gasteiger partial charge in [-0.2, -0.15) is 0 Å². The average molecular weight is 258 g/mol. The lowest BCUT2D eigenvalue weighted by Gasteiger charge is -2.55. The number of nitrogens with two attached hydrogens (primary N) is 1. The Morgan fingerprint density at radius 3 is 2.37 bits per heavy atom. The molecule has 0 atom stereocenters. The summed E-state index contributed by atoms with van der Waals surface area (Å²) >= 11 is 0. The quantitative estimate of drug-likeness (QED) is 0.847. The van der Waals surface area contributed by atoms with Crippen molar-refractivity contribution in [1.82, 2.24) is 4.57 Å². The summed E-state index contributed by atoms with van der Waals surface area (Å²) in [6.07, 6.45) is 9.10. The van der Waals surface area contributed by atoms with Crippen LogP contribution in [0.2, 0.25) is 0 Å². The van der Waals surface area contributed by atoms with Gasteiger partial charge >= 0.3 is 0 Å². The van der Waals surface area contributed by atoms with Crippen molar-refractivity contribution in [3.8, 4) is 0 Å². The molecule has 0 spiro atoms. The minimum Gasteiger partial charge on any atom is -0.341 e. The van der Waals surface area contributed by atoms with E-state index in [0.29, 0.717) is 6.04 Å². The van der Waals surface area contributed by atoms with Gasteiger partial charge in [0.15, 0.2) is 5.78 Å². The largest absolute Gasteiger partial charge is 0.341 e. The summed E-state index contributed by atoms with van der Waals surface area (Å²) in [5.41, 5.74) is 6.38. The highest BCUT2D eigenvalue weighted by Crippen LogP contribution is 2.58. The van der Waals surface area contributed by atoms with Crippen LogP contribution in [0.5, 0.6) is 0 Å². The zero-order chi connectivity index (χ0) is 13.0. The van der Waals surface area contributed by atoms with Crippen LogP contribution < -0.4 is 5.73 Å². The fraction of sp³-hybridized carbons (Fsp3) is 0.688. The number of carbonyl (C=O) groups excluding carboxylic acids is 1. The Kier molecular flexibility index (Phi) is 2.59. The van der Waals surface area contributed by atoms with E-state index < -0.39 is 0 Å². The van der Waals surface area contributed by atoms with Gasteiger partial charge in [0.25, 0.3) is 0 Å². The van der Waals surface area contributed by atoms with Crippen LogP contribution in [0.1, 0.15) is 48.6 Å². The number of hydrogen-bond donors (Lipinski definition) is 1. The summed E-state index contributed by atoms with van der Waals surface area (Å²) in [5.74, 6) is 3.63. The van der Waals surface area contributed by atoms with Crippen LogP contribution in [0.4, 0.5) is 0 Å². The number of rotatable bonds is 3. The van der Waals surface area contributed by atoms with Crippen molar-refractivity contribution in [2.24, 2.45) is 29.4 Å². The topological polar surface area (TPSA) is 48.0 Å². The van der Waals surface area contributed by atoms with Gasteiger partial charge in [-0.1, -0.05) is 0 Å². The maximum Gasteiger partial charge on any atom is 0.192 e. The van der Waals surface area contributed by atoms with Gasteiger partial charge in [-0.15, -0.1) is 0 Å². The number of ketones is 1. The Hall–Kier alpha value is -1.09. The van der Waals surface area contributed by atoms with Crippen LogP contribution in [0.25, 0.3) is 0 Å². The van der Waals surface area contributed by atoms with E-state index in [9.17, 15) is 4.79 Å². The molecule has 0 unspecified atom stereocenters. The molecule has 2 N–H and O–H groups in total. The molecule has 4 aliphatic rings. The Morgan fingerprint density at radius 2 is 1.79 bits per heavy atom. The SMILES string of the molecule is NCC(=O)c1cccn1C1C2CC3CC(C2)CC1C3. The van der Waals surface area contributed by atoms with Crippen LogP contribution in [0.15, 0.2) is 18.3 Å². The number of nitrogens with zero attached hydrogens (tertiary/aromatic N) is 1. The minimum absolute atomic E-state index is 0.0822. The van der Waals surface area contributed by atoms with Crippen molar-refractivity contribution in [1.29, 1.82) is 0 Å². The predicted molar refractivity (Wildman–Crippen MR) is 73.9 cm³/mol. The molecule has 4 saturated carbocycles. The van der Waals surface area contributed by atoms with Gasteiger partial charge in [0.1, 0.15) is 0 Å². The van der Waals surface area contributed by atoms with E-state index in [0.717, 1.165) is 29.4 Å². The molecule has 1 aromatic rings. The van der Waals surface area contributed by atoms with E-state index in [4.69, 9.17) is 5.73 Å². The predicted octanol–water partition coefficient (Wildman–Crippen LogP) is 2.63. The summed E-state index contributed by atoms with van der Waals surface area (Å²) in [4.78, 5) is 12.0. The number of carbonyl (C=O) groups is 1. The van der Waals surface area contributed by atoms with E-state index in [2.05, 4.69) is 10.8 Å². The van der Waals surface area contributed by atoms with E-state index >= 15 is 0 Å². The van der Waals surface area contributed by atoms with E-state index in [-0.39, 0.29) is 12.3 Å². The Balaban J connectivity index is 1.69. The molecule has 0 saturated heterocycles. The second-order valence-corrected chi connectivity index (χ2v) is 6.85. The fourth-order valence-corrected chi connectivity index (χ4v) is 5.35. The van der Waals surface area contributed by atoms with Crippen LogP contribution in [0.3, 0.4) is 0 Å². The number of Topliss-reactive ketones (excluding diaryl/α,β-unsaturated/α-hetero) is 1. The molecule has 0 radical (unpaired) electrons. The standard InChI is InChI=1S/C16H22N2O/c17-9-15(19)14-2-1-3-18(14)16-12-5-10-4-11(7-12)8-13(16)6-10/h1-3,10-13,16H,4-9,17H2. The van der Waals surface area contributed by atoms with Crippen molar-refractivity contribution in [2.45, 2.75) is 38.1 Å². The van der Waals surface area contributed by atoms with Gasteiger partial charge in [-0.05, 0) is 67.9 Å². The molecular weight excluding hydrogens is 236 g/mol. The van der Waals surface area contributed by atoms with Gasteiger partial charge < -0.3 is 10.3 Å². The third-order valence-corrected chi connectivity index (χ3v) is 5.75. The Labute approximate surface area is 114 Å². The highest BCUT2D eigenvalue weighted by atomic mass is 16.1. The third-order valence-electron chi connectivity index (χ3n) is 5.75. The Bertz CT molecular complexity index is 477. The van der Waals surface area contributed by atoms with Crippen molar-refractivity contribution in [3.05, 3.63) is 24.0 Å². The second kappa shape index (κ2) is 4.20. The molecule has 3 nitrogen and oxygen atoms in total. The molecule has 4 fully saturated rings. The molecule has 102 valence electrons. The molecule has 0 amide bonds. The van der Waals surface area contributed by atoms with E-state index in [1.807, 2.05) is 12.1 Å².